The molecule has 0 aliphatic carbocycles. The molecule has 0 aliphatic heterocycles. The molecule has 0 saturated heterocycles. The van der Waals surface area contributed by atoms with Crippen LogP contribution < -0.4 is 16.0 Å². The number of thiocarbonyl (C=S) groups is 1. The molecule has 0 spiro atoms. The van der Waals surface area contributed by atoms with Crippen LogP contribution in [0.2, 0.25) is 5.02 Å². The average Bonchev–Trinajstić information content (AvgIpc) is 2.58. The lowest BCUT2D eigenvalue weighted by molar-refractivity contribution is -0.116. The second kappa shape index (κ2) is 9.26. The quantitative estimate of drug-likeness (QED) is 0.661. The van der Waals surface area contributed by atoms with Gasteiger partial charge in [0, 0.05) is 17.7 Å². The van der Waals surface area contributed by atoms with Gasteiger partial charge in [-0.25, -0.2) is 4.39 Å². The molecule has 3 N–H and O–H groups in total. The molecule has 2 amide bonds. The lowest BCUT2D eigenvalue weighted by Crippen LogP contribution is -2.34. The Morgan fingerprint density at radius 3 is 2.62 bits per heavy atom. The fourth-order valence-electron chi connectivity index (χ4n) is 2.11. The second-order valence-electron chi connectivity index (χ2n) is 5.41. The maximum absolute atomic E-state index is 13.2. The molecular weight excluding hydrogens is 377 g/mol. The highest BCUT2D eigenvalue weighted by Gasteiger charge is 2.11. The van der Waals surface area contributed by atoms with Crippen LogP contribution in [0.1, 0.15) is 30.1 Å². The summed E-state index contributed by atoms with van der Waals surface area (Å²) in [7, 11) is 0. The van der Waals surface area contributed by atoms with Gasteiger partial charge in [-0.05, 0) is 55.0 Å². The topological polar surface area (TPSA) is 70.2 Å². The number of rotatable bonds is 5. The standard InChI is InChI=1S/C18H17ClFN3O2S/c1-2-4-16(24)21-13-7-8-14(19)15(10-13)22-18(26)23-17(25)11-5-3-6-12(20)9-11/h3,5-10H,2,4H2,1H3,(H,21,24)(H2,22,23,25,26). The van der Waals surface area contributed by atoms with E-state index in [2.05, 4.69) is 16.0 Å². The molecule has 5 nitrogen and oxygen atoms in total. The SMILES string of the molecule is CCCC(=O)Nc1ccc(Cl)c(NC(=S)NC(=O)c2cccc(F)c2)c1. The highest BCUT2D eigenvalue weighted by atomic mass is 35.5. The van der Waals surface area contributed by atoms with Crippen molar-refractivity contribution in [2.75, 3.05) is 10.6 Å². The minimum atomic E-state index is -0.550. The van der Waals surface area contributed by atoms with E-state index in [-0.39, 0.29) is 16.6 Å². The van der Waals surface area contributed by atoms with Gasteiger partial charge in [-0.1, -0.05) is 24.6 Å². The summed E-state index contributed by atoms with van der Waals surface area (Å²) in [6, 6.07) is 10.1. The minimum Gasteiger partial charge on any atom is -0.331 e. The third-order valence-corrected chi connectivity index (χ3v) is 3.82. The molecule has 0 heterocycles. The Kier molecular flexibility index (Phi) is 7.06. The van der Waals surface area contributed by atoms with Gasteiger partial charge < -0.3 is 10.6 Å². The maximum atomic E-state index is 13.2. The third kappa shape index (κ3) is 5.79. The van der Waals surface area contributed by atoms with E-state index in [4.69, 9.17) is 23.8 Å². The zero-order valence-electron chi connectivity index (χ0n) is 13.9. The van der Waals surface area contributed by atoms with Crippen molar-refractivity contribution in [2.45, 2.75) is 19.8 Å². The summed E-state index contributed by atoms with van der Waals surface area (Å²) < 4.78 is 13.2. The first-order valence-corrected chi connectivity index (χ1v) is 8.65. The molecule has 26 heavy (non-hydrogen) atoms. The van der Waals surface area contributed by atoms with Gasteiger partial charge in [0.15, 0.2) is 5.11 Å². The van der Waals surface area contributed by atoms with Gasteiger partial charge in [-0.3, -0.25) is 14.9 Å². The lowest BCUT2D eigenvalue weighted by atomic mass is 10.2. The smallest absolute Gasteiger partial charge is 0.257 e. The van der Waals surface area contributed by atoms with Gasteiger partial charge in [0.05, 0.1) is 10.7 Å². The van der Waals surface area contributed by atoms with Gasteiger partial charge in [0.25, 0.3) is 5.91 Å². The van der Waals surface area contributed by atoms with Crippen molar-refractivity contribution in [1.82, 2.24) is 5.32 Å². The number of halogens is 2. The van der Waals surface area contributed by atoms with E-state index in [0.717, 1.165) is 12.5 Å². The Labute approximate surface area is 160 Å². The first-order chi connectivity index (χ1) is 12.4. The normalized spacial score (nSPS) is 10.1. The monoisotopic (exact) mass is 393 g/mol. The number of anilines is 2. The molecule has 8 heteroatoms. The van der Waals surface area contributed by atoms with Crippen LogP contribution in [0.3, 0.4) is 0 Å². The van der Waals surface area contributed by atoms with E-state index in [1.54, 1.807) is 18.2 Å². The predicted molar refractivity (Wildman–Crippen MR) is 105 cm³/mol. The van der Waals surface area contributed by atoms with Gasteiger partial charge in [-0.2, -0.15) is 0 Å². The van der Waals surface area contributed by atoms with Crippen molar-refractivity contribution in [2.24, 2.45) is 0 Å². The minimum absolute atomic E-state index is 0.00167. The van der Waals surface area contributed by atoms with Crippen LogP contribution in [-0.4, -0.2) is 16.9 Å². The first kappa shape index (κ1) is 19.8. The van der Waals surface area contributed by atoms with Crippen molar-refractivity contribution in [3.8, 4) is 0 Å². The molecule has 2 aromatic carbocycles. The maximum Gasteiger partial charge on any atom is 0.257 e. The first-order valence-electron chi connectivity index (χ1n) is 7.86. The molecule has 2 rings (SSSR count). The van der Waals surface area contributed by atoms with Crippen LogP contribution in [0.4, 0.5) is 15.8 Å². The van der Waals surface area contributed by atoms with Crippen molar-refractivity contribution >= 4 is 52.1 Å². The number of carbonyl (C=O) groups is 2. The number of nitrogens with one attached hydrogen (secondary N) is 3. The van der Waals surface area contributed by atoms with E-state index in [1.165, 1.54) is 18.2 Å². The molecule has 0 bridgehead atoms. The zero-order valence-corrected chi connectivity index (χ0v) is 15.5. The molecule has 0 saturated carbocycles. The molecule has 0 aromatic heterocycles. The molecule has 0 fully saturated rings. The summed E-state index contributed by atoms with van der Waals surface area (Å²) in [4.78, 5) is 23.8. The van der Waals surface area contributed by atoms with E-state index in [9.17, 15) is 14.0 Å². The van der Waals surface area contributed by atoms with Crippen molar-refractivity contribution < 1.29 is 14.0 Å². The van der Waals surface area contributed by atoms with E-state index < -0.39 is 11.7 Å². The molecule has 0 radical (unpaired) electrons. The highest BCUT2D eigenvalue weighted by Crippen LogP contribution is 2.25. The zero-order chi connectivity index (χ0) is 19.1. The van der Waals surface area contributed by atoms with Crippen molar-refractivity contribution in [3.05, 3.63) is 58.9 Å². The number of benzene rings is 2. The molecule has 0 atom stereocenters. The molecule has 2 aromatic rings. The van der Waals surface area contributed by atoms with Gasteiger partial charge in [0.1, 0.15) is 5.82 Å². The summed E-state index contributed by atoms with van der Waals surface area (Å²) in [6.45, 7) is 1.91. The Morgan fingerprint density at radius 1 is 1.15 bits per heavy atom. The fourth-order valence-corrected chi connectivity index (χ4v) is 2.48. The number of hydrogen-bond acceptors (Lipinski definition) is 3. The number of hydrogen-bond donors (Lipinski definition) is 3. The van der Waals surface area contributed by atoms with Crippen LogP contribution in [0.15, 0.2) is 42.5 Å². The average molecular weight is 394 g/mol. The summed E-state index contributed by atoms with van der Waals surface area (Å²) in [5.41, 5.74) is 1.11. The van der Waals surface area contributed by atoms with Gasteiger partial charge in [0.2, 0.25) is 5.91 Å². The van der Waals surface area contributed by atoms with Crippen LogP contribution in [0, 0.1) is 5.82 Å². The van der Waals surface area contributed by atoms with Crippen LogP contribution in [0.5, 0.6) is 0 Å². The third-order valence-electron chi connectivity index (χ3n) is 3.29. The van der Waals surface area contributed by atoms with Crippen LogP contribution in [-0.2, 0) is 4.79 Å². The Bertz CT molecular complexity index is 845. The number of carbonyl (C=O) groups excluding carboxylic acids is 2. The summed E-state index contributed by atoms with van der Waals surface area (Å²) in [5, 5.41) is 8.35. The fraction of sp³-hybridized carbons (Fsp3) is 0.167. The van der Waals surface area contributed by atoms with Crippen molar-refractivity contribution in [1.29, 1.82) is 0 Å². The van der Waals surface area contributed by atoms with Crippen LogP contribution in [0.25, 0.3) is 0 Å². The molecule has 0 unspecified atom stereocenters. The molecule has 0 aliphatic rings. The Morgan fingerprint density at radius 2 is 1.92 bits per heavy atom. The number of amides is 2. The lowest BCUT2D eigenvalue weighted by Gasteiger charge is -2.13. The van der Waals surface area contributed by atoms with Crippen molar-refractivity contribution in [3.63, 3.8) is 0 Å². The second-order valence-corrected chi connectivity index (χ2v) is 6.23. The summed E-state index contributed by atoms with van der Waals surface area (Å²) >= 11 is 11.2. The van der Waals surface area contributed by atoms with Gasteiger partial charge in [-0.15, -0.1) is 0 Å². The van der Waals surface area contributed by atoms with E-state index in [0.29, 0.717) is 22.8 Å². The summed E-state index contributed by atoms with van der Waals surface area (Å²) in [5.74, 6) is -1.18. The predicted octanol–water partition coefficient (Wildman–Crippen LogP) is 4.34. The van der Waals surface area contributed by atoms with Crippen LogP contribution >= 0.6 is 23.8 Å². The highest BCUT2D eigenvalue weighted by molar-refractivity contribution is 7.80. The molecular formula is C18H17ClFN3O2S. The largest absolute Gasteiger partial charge is 0.331 e. The molecule has 136 valence electrons. The van der Waals surface area contributed by atoms with E-state index >= 15 is 0 Å². The Hall–Kier alpha value is -2.51. The van der Waals surface area contributed by atoms with Gasteiger partial charge >= 0.3 is 0 Å². The Balaban J connectivity index is 2.03. The summed E-state index contributed by atoms with van der Waals surface area (Å²) in [6.07, 6.45) is 1.15. The van der Waals surface area contributed by atoms with E-state index in [1.807, 2.05) is 6.92 Å².